The number of aliphatic hydroxyl groups excluding tert-OH is 1. The Morgan fingerprint density at radius 3 is 2.57 bits per heavy atom. The van der Waals surface area contributed by atoms with Gasteiger partial charge in [0.15, 0.2) is 0 Å². The fourth-order valence-corrected chi connectivity index (χ4v) is 3.86. The predicted molar refractivity (Wildman–Crippen MR) is 115 cm³/mol. The Morgan fingerprint density at radius 2 is 1.90 bits per heavy atom. The SMILES string of the molecule is COCCCN1C(=O)C(=O)/C(=C(/O)c2ccc(Cl)c(OC)c2)C1c1ccccc1C. The molecule has 30 heavy (non-hydrogen) atoms. The standard InChI is InChI=1S/C23H24ClNO5/c1-14-7-4-5-8-16(14)20-19(22(27)23(28)25(20)11-6-12-29-2)21(26)15-9-10-17(24)18(13-15)30-3/h4-5,7-10,13,20,26H,6,11-12H2,1-3H3/b21-19+. The van der Waals surface area contributed by atoms with E-state index in [0.717, 1.165) is 11.1 Å². The Bertz CT molecular complexity index is 1000. The first kappa shape index (κ1) is 21.9. The summed E-state index contributed by atoms with van der Waals surface area (Å²) < 4.78 is 10.3. The molecule has 1 atom stereocenters. The molecular weight excluding hydrogens is 406 g/mol. The van der Waals surface area contributed by atoms with Gasteiger partial charge in [-0.1, -0.05) is 35.9 Å². The van der Waals surface area contributed by atoms with E-state index in [2.05, 4.69) is 0 Å². The van der Waals surface area contributed by atoms with Crippen molar-refractivity contribution in [3.8, 4) is 5.75 Å². The molecule has 0 spiro atoms. The molecule has 1 saturated heterocycles. The first-order valence-electron chi connectivity index (χ1n) is 9.57. The number of methoxy groups -OCH3 is 2. The first-order valence-corrected chi connectivity index (χ1v) is 9.95. The number of ether oxygens (including phenoxy) is 2. The lowest BCUT2D eigenvalue weighted by molar-refractivity contribution is -0.140. The van der Waals surface area contributed by atoms with E-state index in [0.29, 0.717) is 35.9 Å². The number of hydrogen-bond donors (Lipinski definition) is 1. The summed E-state index contributed by atoms with van der Waals surface area (Å²) in [6.07, 6.45) is 0.570. The van der Waals surface area contributed by atoms with Crippen LogP contribution in [-0.2, 0) is 14.3 Å². The summed E-state index contributed by atoms with van der Waals surface area (Å²) in [6, 6.07) is 11.5. The second-order valence-electron chi connectivity index (χ2n) is 7.04. The van der Waals surface area contributed by atoms with Crippen LogP contribution in [0.3, 0.4) is 0 Å². The molecule has 1 aliphatic heterocycles. The fraction of sp³-hybridized carbons (Fsp3) is 0.304. The van der Waals surface area contributed by atoms with Crippen LogP contribution in [0.2, 0.25) is 5.02 Å². The van der Waals surface area contributed by atoms with Gasteiger partial charge >= 0.3 is 0 Å². The Morgan fingerprint density at radius 1 is 1.17 bits per heavy atom. The van der Waals surface area contributed by atoms with Crippen molar-refractivity contribution in [2.75, 3.05) is 27.4 Å². The summed E-state index contributed by atoms with van der Waals surface area (Å²) >= 11 is 6.09. The highest BCUT2D eigenvalue weighted by Gasteiger charge is 2.46. The van der Waals surface area contributed by atoms with Gasteiger partial charge in [0.05, 0.1) is 23.7 Å². The van der Waals surface area contributed by atoms with Crippen LogP contribution < -0.4 is 4.74 Å². The lowest BCUT2D eigenvalue weighted by Gasteiger charge is -2.26. The number of halogens is 1. The minimum absolute atomic E-state index is 0.0519. The highest BCUT2D eigenvalue weighted by molar-refractivity contribution is 6.46. The number of carbonyl (C=O) groups is 2. The number of benzene rings is 2. The van der Waals surface area contributed by atoms with Crippen LogP contribution in [0.15, 0.2) is 48.0 Å². The lowest BCUT2D eigenvalue weighted by Crippen LogP contribution is -2.31. The topological polar surface area (TPSA) is 76.1 Å². The van der Waals surface area contributed by atoms with Crippen molar-refractivity contribution < 1.29 is 24.2 Å². The van der Waals surface area contributed by atoms with Crippen LogP contribution in [0, 0.1) is 6.92 Å². The Labute approximate surface area is 180 Å². The summed E-state index contributed by atoms with van der Waals surface area (Å²) in [5.41, 5.74) is 2.11. The zero-order valence-corrected chi connectivity index (χ0v) is 17.9. The van der Waals surface area contributed by atoms with Crippen molar-refractivity contribution in [3.05, 3.63) is 69.8 Å². The number of aliphatic hydroxyl groups is 1. The molecule has 2 aromatic carbocycles. The van der Waals surface area contributed by atoms with E-state index in [9.17, 15) is 14.7 Å². The number of hydrogen-bond acceptors (Lipinski definition) is 5. The Kier molecular flexibility index (Phi) is 6.80. The number of aryl methyl sites for hydroxylation is 1. The second kappa shape index (κ2) is 9.32. The highest BCUT2D eigenvalue weighted by atomic mass is 35.5. The molecule has 6 nitrogen and oxygen atoms in total. The molecular formula is C23H24ClNO5. The van der Waals surface area contributed by atoms with E-state index in [1.54, 1.807) is 25.3 Å². The largest absolute Gasteiger partial charge is 0.507 e. The number of amides is 1. The normalized spacial score (nSPS) is 18.1. The molecule has 0 aliphatic carbocycles. The zero-order chi connectivity index (χ0) is 21.8. The fourth-order valence-electron chi connectivity index (χ4n) is 3.67. The van der Waals surface area contributed by atoms with Crippen molar-refractivity contribution in [2.24, 2.45) is 0 Å². The lowest BCUT2D eigenvalue weighted by atomic mass is 9.92. The van der Waals surface area contributed by atoms with Crippen molar-refractivity contribution >= 4 is 29.1 Å². The van der Waals surface area contributed by atoms with Gasteiger partial charge in [0.1, 0.15) is 11.5 Å². The van der Waals surface area contributed by atoms with Gasteiger partial charge in [-0.05, 0) is 42.7 Å². The first-order chi connectivity index (χ1) is 14.4. The van der Waals surface area contributed by atoms with Crippen molar-refractivity contribution in [1.82, 2.24) is 4.90 Å². The average Bonchev–Trinajstić information content (AvgIpc) is 2.99. The van der Waals surface area contributed by atoms with E-state index in [-0.39, 0.29) is 11.3 Å². The van der Waals surface area contributed by atoms with Gasteiger partial charge in [-0.2, -0.15) is 0 Å². The van der Waals surface area contributed by atoms with Gasteiger partial charge < -0.3 is 19.5 Å². The van der Waals surface area contributed by atoms with E-state index in [1.165, 1.54) is 12.0 Å². The third kappa shape index (κ3) is 4.06. The molecule has 7 heteroatoms. The summed E-state index contributed by atoms with van der Waals surface area (Å²) in [5.74, 6) is -1.25. The van der Waals surface area contributed by atoms with Gasteiger partial charge in [-0.25, -0.2) is 0 Å². The summed E-state index contributed by atoms with van der Waals surface area (Å²) in [5, 5.41) is 11.5. The number of rotatable bonds is 7. The van der Waals surface area contributed by atoms with Crippen molar-refractivity contribution in [1.29, 1.82) is 0 Å². The van der Waals surface area contributed by atoms with E-state index >= 15 is 0 Å². The average molecular weight is 430 g/mol. The van der Waals surface area contributed by atoms with Crippen LogP contribution >= 0.6 is 11.6 Å². The zero-order valence-electron chi connectivity index (χ0n) is 17.1. The van der Waals surface area contributed by atoms with E-state index < -0.39 is 17.7 Å². The number of carbonyl (C=O) groups excluding carboxylic acids is 2. The maximum absolute atomic E-state index is 13.0. The molecule has 0 saturated carbocycles. The number of nitrogens with zero attached hydrogens (tertiary/aromatic N) is 1. The number of Topliss-reactive ketones (excluding diaryl/α,β-unsaturated/α-hetero) is 1. The van der Waals surface area contributed by atoms with Crippen LogP contribution in [0.5, 0.6) is 5.75 Å². The van der Waals surface area contributed by atoms with Gasteiger partial charge in [0.2, 0.25) is 0 Å². The van der Waals surface area contributed by atoms with E-state index in [4.69, 9.17) is 21.1 Å². The third-order valence-corrected chi connectivity index (χ3v) is 5.51. The number of ketones is 1. The van der Waals surface area contributed by atoms with Crippen LogP contribution in [0.4, 0.5) is 0 Å². The van der Waals surface area contributed by atoms with Gasteiger partial charge in [0.25, 0.3) is 11.7 Å². The minimum atomic E-state index is -0.716. The molecule has 0 aromatic heterocycles. The maximum atomic E-state index is 13.0. The van der Waals surface area contributed by atoms with Gasteiger partial charge in [0, 0.05) is 25.8 Å². The van der Waals surface area contributed by atoms with Crippen LogP contribution in [0.1, 0.15) is 29.2 Å². The Hall–Kier alpha value is -2.83. The van der Waals surface area contributed by atoms with Crippen LogP contribution in [-0.4, -0.2) is 49.1 Å². The molecule has 1 heterocycles. The molecule has 1 aliphatic rings. The van der Waals surface area contributed by atoms with Crippen molar-refractivity contribution in [2.45, 2.75) is 19.4 Å². The quantitative estimate of drug-likeness (QED) is 0.310. The maximum Gasteiger partial charge on any atom is 0.295 e. The molecule has 2 aromatic rings. The summed E-state index contributed by atoms with van der Waals surface area (Å²) in [4.78, 5) is 27.3. The van der Waals surface area contributed by atoms with Gasteiger partial charge in [-0.15, -0.1) is 0 Å². The number of likely N-dealkylation sites (tertiary alicyclic amines) is 1. The molecule has 158 valence electrons. The predicted octanol–water partition coefficient (Wildman–Crippen LogP) is 4.12. The molecule has 0 radical (unpaired) electrons. The molecule has 1 unspecified atom stereocenters. The Balaban J connectivity index is 2.16. The monoisotopic (exact) mass is 429 g/mol. The highest BCUT2D eigenvalue weighted by Crippen LogP contribution is 2.41. The van der Waals surface area contributed by atoms with E-state index in [1.807, 2.05) is 31.2 Å². The molecule has 1 N–H and O–H groups in total. The minimum Gasteiger partial charge on any atom is -0.507 e. The molecule has 1 fully saturated rings. The second-order valence-corrected chi connectivity index (χ2v) is 7.45. The van der Waals surface area contributed by atoms with Crippen LogP contribution in [0.25, 0.3) is 5.76 Å². The van der Waals surface area contributed by atoms with Gasteiger partial charge in [-0.3, -0.25) is 9.59 Å². The third-order valence-electron chi connectivity index (χ3n) is 5.20. The van der Waals surface area contributed by atoms with Crippen molar-refractivity contribution in [3.63, 3.8) is 0 Å². The molecule has 1 amide bonds. The smallest absolute Gasteiger partial charge is 0.295 e. The summed E-state index contributed by atoms with van der Waals surface area (Å²) in [6.45, 7) is 2.70. The molecule has 0 bridgehead atoms. The summed E-state index contributed by atoms with van der Waals surface area (Å²) in [7, 11) is 3.05. The molecule has 3 rings (SSSR count).